The van der Waals surface area contributed by atoms with Gasteiger partial charge in [0.1, 0.15) is 5.69 Å². The predicted octanol–water partition coefficient (Wildman–Crippen LogP) is 3.24. The van der Waals surface area contributed by atoms with Gasteiger partial charge >= 0.3 is 5.97 Å². The molecule has 0 N–H and O–H groups in total. The van der Waals surface area contributed by atoms with Crippen molar-refractivity contribution in [2.75, 3.05) is 6.61 Å². The van der Waals surface area contributed by atoms with Crippen molar-refractivity contribution in [3.8, 4) is 0 Å². The van der Waals surface area contributed by atoms with E-state index in [1.54, 1.807) is 7.05 Å². The topological polar surface area (TPSA) is 64.4 Å². The fraction of sp³-hybridized carbons (Fsp3) is 0.476. The number of esters is 1. The summed E-state index contributed by atoms with van der Waals surface area (Å²) < 4.78 is 7.01. The van der Waals surface area contributed by atoms with Crippen LogP contribution >= 0.6 is 11.6 Å². The SMILES string of the molecule is CCOC(=O)[C@@]1(Cc2ccccc2)C[C@H]2CC[C@@H]1N2C(=O)c1c(Cl)cnn1C. The first-order chi connectivity index (χ1) is 13.5. The molecule has 1 aromatic carbocycles. The zero-order valence-electron chi connectivity index (χ0n) is 16.1. The summed E-state index contributed by atoms with van der Waals surface area (Å²) in [4.78, 5) is 28.4. The van der Waals surface area contributed by atoms with Crippen LogP contribution in [0, 0.1) is 5.41 Å². The largest absolute Gasteiger partial charge is 0.465 e. The molecule has 6 nitrogen and oxygen atoms in total. The first kappa shape index (κ1) is 19.0. The van der Waals surface area contributed by atoms with Gasteiger partial charge in [0.25, 0.3) is 5.91 Å². The van der Waals surface area contributed by atoms with Crippen molar-refractivity contribution in [1.82, 2.24) is 14.7 Å². The van der Waals surface area contributed by atoms with E-state index in [0.717, 1.165) is 18.4 Å². The predicted molar refractivity (Wildman–Crippen MR) is 105 cm³/mol. The minimum Gasteiger partial charge on any atom is -0.465 e. The van der Waals surface area contributed by atoms with E-state index in [-0.39, 0.29) is 24.0 Å². The Hall–Kier alpha value is -2.34. The molecule has 2 saturated heterocycles. The van der Waals surface area contributed by atoms with Crippen LogP contribution in [0.15, 0.2) is 36.5 Å². The standard InChI is InChI=1S/C21H24ClN3O3/c1-3-28-20(27)21(11-14-7-5-4-6-8-14)12-15-9-10-17(21)25(15)19(26)18-16(22)13-23-24(18)2/h4-8,13,15,17H,3,9-12H2,1-2H3/t15-,17+,21+/m1/s1. The van der Waals surface area contributed by atoms with Crippen LogP contribution in [0.4, 0.5) is 0 Å². The first-order valence-electron chi connectivity index (χ1n) is 9.69. The molecule has 28 heavy (non-hydrogen) atoms. The highest BCUT2D eigenvalue weighted by Crippen LogP contribution is 2.53. The Kier molecular flexibility index (Phi) is 4.91. The molecular formula is C21H24ClN3O3. The second kappa shape index (κ2) is 7.24. The van der Waals surface area contributed by atoms with Gasteiger partial charge in [-0.05, 0) is 38.2 Å². The highest BCUT2D eigenvalue weighted by Gasteiger charge is 2.62. The van der Waals surface area contributed by atoms with Crippen LogP contribution in [0.5, 0.6) is 0 Å². The van der Waals surface area contributed by atoms with E-state index in [9.17, 15) is 9.59 Å². The molecule has 7 heteroatoms. The fourth-order valence-corrected chi connectivity index (χ4v) is 5.23. The van der Waals surface area contributed by atoms with E-state index in [4.69, 9.17) is 16.3 Å². The van der Waals surface area contributed by atoms with Gasteiger partial charge < -0.3 is 9.64 Å². The first-order valence-corrected chi connectivity index (χ1v) is 10.1. The van der Waals surface area contributed by atoms with Crippen LogP contribution in [0.2, 0.25) is 5.02 Å². The molecule has 1 aromatic heterocycles. The maximum atomic E-state index is 13.4. The van der Waals surface area contributed by atoms with E-state index < -0.39 is 5.41 Å². The Morgan fingerprint density at radius 1 is 1.29 bits per heavy atom. The molecule has 0 unspecified atom stereocenters. The molecular weight excluding hydrogens is 378 g/mol. The number of hydrogen-bond donors (Lipinski definition) is 0. The van der Waals surface area contributed by atoms with E-state index in [0.29, 0.717) is 30.2 Å². The summed E-state index contributed by atoms with van der Waals surface area (Å²) in [5, 5.41) is 4.43. The van der Waals surface area contributed by atoms with Gasteiger partial charge in [-0.1, -0.05) is 41.9 Å². The summed E-state index contributed by atoms with van der Waals surface area (Å²) in [5.41, 5.74) is 0.730. The number of ether oxygens (including phenoxy) is 1. The fourth-order valence-electron chi connectivity index (χ4n) is 4.98. The molecule has 2 aliphatic heterocycles. The summed E-state index contributed by atoms with van der Waals surface area (Å²) in [6, 6.07) is 9.77. The summed E-state index contributed by atoms with van der Waals surface area (Å²) in [7, 11) is 1.71. The number of carbonyl (C=O) groups is 2. The summed E-state index contributed by atoms with van der Waals surface area (Å²) >= 11 is 6.22. The Labute approximate surface area is 169 Å². The second-order valence-electron chi connectivity index (χ2n) is 7.67. The Bertz CT molecular complexity index is 878. The van der Waals surface area contributed by atoms with Crippen LogP contribution in [-0.2, 0) is 23.0 Å². The highest BCUT2D eigenvalue weighted by atomic mass is 35.5. The molecule has 1 amide bonds. The van der Waals surface area contributed by atoms with Gasteiger partial charge in [0.15, 0.2) is 0 Å². The zero-order valence-corrected chi connectivity index (χ0v) is 16.9. The van der Waals surface area contributed by atoms with Gasteiger partial charge in [-0.3, -0.25) is 14.3 Å². The minimum atomic E-state index is -0.721. The molecule has 0 aliphatic carbocycles. The van der Waals surface area contributed by atoms with Crippen LogP contribution in [-0.4, -0.2) is 45.2 Å². The lowest BCUT2D eigenvalue weighted by Crippen LogP contribution is -2.47. The number of benzene rings is 1. The molecule has 2 aliphatic rings. The molecule has 3 atom stereocenters. The zero-order chi connectivity index (χ0) is 19.9. The maximum absolute atomic E-state index is 13.4. The van der Waals surface area contributed by atoms with Crippen LogP contribution < -0.4 is 0 Å². The van der Waals surface area contributed by atoms with Crippen molar-refractivity contribution in [2.24, 2.45) is 12.5 Å². The molecule has 0 radical (unpaired) electrons. The molecule has 0 spiro atoms. The number of carbonyl (C=O) groups excluding carboxylic acids is 2. The van der Waals surface area contributed by atoms with Gasteiger partial charge in [-0.25, -0.2) is 0 Å². The van der Waals surface area contributed by atoms with E-state index >= 15 is 0 Å². The van der Waals surface area contributed by atoms with Crippen molar-refractivity contribution in [3.05, 3.63) is 52.8 Å². The van der Waals surface area contributed by atoms with Crippen molar-refractivity contribution >= 4 is 23.5 Å². The van der Waals surface area contributed by atoms with Gasteiger partial charge in [0.05, 0.1) is 23.2 Å². The van der Waals surface area contributed by atoms with E-state index in [1.807, 2.05) is 42.2 Å². The molecule has 2 fully saturated rings. The van der Waals surface area contributed by atoms with Crippen LogP contribution in [0.1, 0.15) is 42.2 Å². The normalized spacial score (nSPS) is 25.9. The third-order valence-corrected chi connectivity index (χ3v) is 6.39. The Morgan fingerprint density at radius 2 is 2.04 bits per heavy atom. The summed E-state index contributed by atoms with van der Waals surface area (Å²) in [6.45, 7) is 2.15. The van der Waals surface area contributed by atoms with Crippen molar-refractivity contribution in [3.63, 3.8) is 0 Å². The number of nitrogens with zero attached hydrogens (tertiary/aromatic N) is 3. The molecule has 3 heterocycles. The second-order valence-corrected chi connectivity index (χ2v) is 8.07. The molecule has 2 bridgehead atoms. The van der Waals surface area contributed by atoms with Gasteiger partial charge in [-0.2, -0.15) is 5.10 Å². The number of halogens is 1. The van der Waals surface area contributed by atoms with Gasteiger partial charge in [0, 0.05) is 19.1 Å². The molecule has 148 valence electrons. The lowest BCUT2D eigenvalue weighted by molar-refractivity contribution is -0.157. The number of aromatic nitrogens is 2. The van der Waals surface area contributed by atoms with E-state index in [2.05, 4.69) is 5.10 Å². The lowest BCUT2D eigenvalue weighted by Gasteiger charge is -2.35. The van der Waals surface area contributed by atoms with E-state index in [1.165, 1.54) is 10.9 Å². The number of fused-ring (bicyclic) bond motifs is 2. The molecule has 0 saturated carbocycles. The minimum absolute atomic E-state index is 0.0107. The Morgan fingerprint density at radius 3 is 2.68 bits per heavy atom. The maximum Gasteiger partial charge on any atom is 0.314 e. The summed E-state index contributed by atoms with van der Waals surface area (Å²) in [6.07, 6.45) is 4.35. The summed E-state index contributed by atoms with van der Waals surface area (Å²) in [5.74, 6) is -0.364. The number of aryl methyl sites for hydroxylation is 1. The number of amides is 1. The smallest absolute Gasteiger partial charge is 0.314 e. The third kappa shape index (κ3) is 2.91. The number of rotatable bonds is 5. The molecule has 2 aromatic rings. The van der Waals surface area contributed by atoms with Crippen molar-refractivity contribution in [2.45, 2.75) is 44.7 Å². The Balaban J connectivity index is 1.71. The average molecular weight is 402 g/mol. The quantitative estimate of drug-likeness (QED) is 0.721. The molecule has 4 rings (SSSR count). The highest BCUT2D eigenvalue weighted by molar-refractivity contribution is 6.33. The van der Waals surface area contributed by atoms with Crippen molar-refractivity contribution in [1.29, 1.82) is 0 Å². The van der Waals surface area contributed by atoms with Crippen LogP contribution in [0.3, 0.4) is 0 Å². The number of hydrogen-bond acceptors (Lipinski definition) is 4. The average Bonchev–Trinajstić information content (AvgIpc) is 3.34. The monoisotopic (exact) mass is 401 g/mol. The van der Waals surface area contributed by atoms with Crippen molar-refractivity contribution < 1.29 is 14.3 Å². The van der Waals surface area contributed by atoms with Crippen LogP contribution in [0.25, 0.3) is 0 Å². The lowest BCUT2D eigenvalue weighted by atomic mass is 9.70. The third-order valence-electron chi connectivity index (χ3n) is 6.12. The van der Waals surface area contributed by atoms with Gasteiger partial charge in [0.2, 0.25) is 0 Å². The van der Waals surface area contributed by atoms with Gasteiger partial charge in [-0.15, -0.1) is 0 Å².